The molecule has 0 bridgehead atoms. The second-order valence-electron chi connectivity index (χ2n) is 9.71. The van der Waals surface area contributed by atoms with Gasteiger partial charge >= 0.3 is 0 Å². The van der Waals surface area contributed by atoms with Crippen molar-refractivity contribution in [1.29, 1.82) is 0 Å². The molecule has 0 fully saturated rings. The fourth-order valence-electron chi connectivity index (χ4n) is 6.08. The molecule has 35 heavy (non-hydrogen) atoms. The van der Waals surface area contributed by atoms with Gasteiger partial charge in [0.05, 0.1) is 5.56 Å². The molecule has 0 unspecified atom stereocenters. The van der Waals surface area contributed by atoms with Crippen LogP contribution in [0.25, 0.3) is 65.5 Å². The molecule has 7 aromatic rings. The fourth-order valence-corrected chi connectivity index (χ4v) is 6.08. The predicted octanol–water partition coefficient (Wildman–Crippen LogP) is 8.26. The quantitative estimate of drug-likeness (QED) is 0.171. The Morgan fingerprint density at radius 3 is 2.20 bits per heavy atom. The number of benzene rings is 5. The van der Waals surface area contributed by atoms with Crippen LogP contribution in [0, 0.1) is 13.8 Å². The van der Waals surface area contributed by atoms with Gasteiger partial charge < -0.3 is 9.15 Å². The number of aromatic nitrogens is 1. The number of furan rings is 1. The van der Waals surface area contributed by atoms with Gasteiger partial charge in [-0.15, -0.1) is 0 Å². The summed E-state index contributed by atoms with van der Waals surface area (Å²) in [5, 5.41) is 9.42. The summed E-state index contributed by atoms with van der Waals surface area (Å²) in [5.74, 6) is 1.84. The Kier molecular flexibility index (Phi) is 3.47. The lowest BCUT2D eigenvalue weighted by Crippen LogP contribution is -2.32. The van der Waals surface area contributed by atoms with Gasteiger partial charge in [0.2, 0.25) is 5.69 Å². The Labute approximate surface area is 201 Å². The Balaban J connectivity index is 1.57. The van der Waals surface area contributed by atoms with Crippen LogP contribution < -0.4 is 9.30 Å². The number of nitrogens with zero attached hydrogens (tertiary/aromatic N) is 1. The molecule has 5 aromatic carbocycles. The van der Waals surface area contributed by atoms with E-state index in [9.17, 15) is 0 Å². The molecule has 0 atom stereocenters. The first-order valence-corrected chi connectivity index (χ1v) is 12.0. The molecular formula is C32H22NO2+. The van der Waals surface area contributed by atoms with Crippen molar-refractivity contribution in [2.45, 2.75) is 13.8 Å². The van der Waals surface area contributed by atoms with E-state index in [1.54, 1.807) is 0 Å². The average molecular weight is 453 g/mol. The van der Waals surface area contributed by atoms with E-state index < -0.39 is 0 Å². The van der Waals surface area contributed by atoms with Crippen molar-refractivity contribution in [1.82, 2.24) is 0 Å². The van der Waals surface area contributed by atoms with E-state index in [-0.39, 0.29) is 0 Å². The molecule has 3 heteroatoms. The third-order valence-corrected chi connectivity index (χ3v) is 7.81. The molecule has 2 aromatic heterocycles. The third kappa shape index (κ3) is 2.33. The van der Waals surface area contributed by atoms with Gasteiger partial charge in [-0.1, -0.05) is 42.5 Å². The molecule has 0 spiro atoms. The largest absolute Gasteiger partial charge is 0.455 e. The van der Waals surface area contributed by atoms with Crippen LogP contribution >= 0.6 is 0 Å². The van der Waals surface area contributed by atoms with E-state index in [1.807, 2.05) is 12.1 Å². The highest BCUT2D eigenvalue weighted by Gasteiger charge is 2.33. The van der Waals surface area contributed by atoms with Crippen LogP contribution in [0.15, 0.2) is 83.4 Å². The lowest BCUT2D eigenvalue weighted by atomic mass is 9.88. The van der Waals surface area contributed by atoms with E-state index in [0.717, 1.165) is 44.2 Å². The number of aryl methyl sites for hydroxylation is 3. The highest BCUT2D eigenvalue weighted by atomic mass is 16.5. The summed E-state index contributed by atoms with van der Waals surface area (Å²) in [7, 11) is 2.12. The number of fused-ring (bicyclic) bond motifs is 8. The molecule has 0 saturated carbocycles. The zero-order valence-corrected chi connectivity index (χ0v) is 19.8. The van der Waals surface area contributed by atoms with E-state index in [4.69, 9.17) is 9.15 Å². The Bertz CT molecular complexity index is 2060. The second kappa shape index (κ2) is 6.39. The predicted molar refractivity (Wildman–Crippen MR) is 142 cm³/mol. The van der Waals surface area contributed by atoms with Crippen LogP contribution in [0.3, 0.4) is 0 Å². The van der Waals surface area contributed by atoms with Gasteiger partial charge in [-0.25, -0.2) is 4.57 Å². The Morgan fingerprint density at radius 1 is 0.686 bits per heavy atom. The minimum Gasteiger partial charge on any atom is -0.455 e. The Morgan fingerprint density at radius 2 is 1.40 bits per heavy atom. The summed E-state index contributed by atoms with van der Waals surface area (Å²) in [4.78, 5) is 0. The average Bonchev–Trinajstić information content (AvgIpc) is 3.26. The van der Waals surface area contributed by atoms with Crippen LogP contribution in [0.4, 0.5) is 0 Å². The first-order valence-electron chi connectivity index (χ1n) is 12.0. The normalized spacial score (nSPS) is 12.7. The summed E-state index contributed by atoms with van der Waals surface area (Å²) in [5.41, 5.74) is 6.58. The van der Waals surface area contributed by atoms with Crippen molar-refractivity contribution < 1.29 is 13.7 Å². The van der Waals surface area contributed by atoms with Gasteiger partial charge in [-0.2, -0.15) is 0 Å². The summed E-state index contributed by atoms with van der Waals surface area (Å²) >= 11 is 0. The fraction of sp³-hybridized carbons (Fsp3) is 0.0938. The van der Waals surface area contributed by atoms with Crippen LogP contribution in [-0.2, 0) is 7.05 Å². The monoisotopic (exact) mass is 452 g/mol. The maximum atomic E-state index is 6.81. The summed E-state index contributed by atoms with van der Waals surface area (Å²) < 4.78 is 15.4. The first kappa shape index (κ1) is 19.0. The first-order chi connectivity index (χ1) is 17.1. The zero-order valence-electron chi connectivity index (χ0n) is 19.8. The molecule has 3 heterocycles. The van der Waals surface area contributed by atoms with E-state index in [2.05, 4.69) is 92.3 Å². The molecule has 1 aliphatic rings. The molecule has 1 aliphatic heterocycles. The van der Waals surface area contributed by atoms with Crippen LogP contribution in [-0.4, -0.2) is 0 Å². The van der Waals surface area contributed by atoms with Crippen LogP contribution in [0.2, 0.25) is 0 Å². The molecule has 166 valence electrons. The van der Waals surface area contributed by atoms with E-state index in [0.29, 0.717) is 0 Å². The van der Waals surface area contributed by atoms with Gasteiger partial charge in [-0.3, -0.25) is 0 Å². The molecule has 3 nitrogen and oxygen atoms in total. The number of hydrogen-bond donors (Lipinski definition) is 0. The van der Waals surface area contributed by atoms with E-state index in [1.165, 1.54) is 43.9 Å². The van der Waals surface area contributed by atoms with Crippen LogP contribution in [0.1, 0.15) is 11.1 Å². The molecule has 0 saturated heterocycles. The van der Waals surface area contributed by atoms with Crippen molar-refractivity contribution in [2.24, 2.45) is 7.05 Å². The van der Waals surface area contributed by atoms with Crippen molar-refractivity contribution in [3.8, 4) is 22.8 Å². The number of hydrogen-bond acceptors (Lipinski definition) is 2. The van der Waals surface area contributed by atoms with Gasteiger partial charge in [0.1, 0.15) is 35.1 Å². The van der Waals surface area contributed by atoms with Gasteiger partial charge in [0.15, 0.2) is 6.20 Å². The maximum absolute atomic E-state index is 6.81. The lowest BCUT2D eigenvalue weighted by molar-refractivity contribution is -0.659. The van der Waals surface area contributed by atoms with Gasteiger partial charge in [-0.05, 0) is 65.2 Å². The van der Waals surface area contributed by atoms with Crippen LogP contribution in [0.5, 0.6) is 11.5 Å². The van der Waals surface area contributed by atoms with E-state index >= 15 is 0 Å². The smallest absolute Gasteiger partial charge is 0.228 e. The standard InChI is InChI=1S/C32H22NO2/c1-17-23-14-19-8-4-5-9-20(19)15-24(23)18(2)31-28(17)30-29-22(12-13-33(30)3)32-25(16-27(29)35-31)21-10-6-7-11-26(21)34-32/h4-16H,1-3H3/q+1. The minimum absolute atomic E-state index is 0.889. The molecule has 0 aliphatic carbocycles. The number of para-hydroxylation sites is 1. The number of pyridine rings is 1. The second-order valence-corrected chi connectivity index (χ2v) is 9.71. The minimum atomic E-state index is 0.889. The SMILES string of the molecule is Cc1c2c(c(C)c3cc4ccccc4cc13)-c1c3c(cc4c5ccccc5oc4c3cc[n+]1C)O2. The lowest BCUT2D eigenvalue weighted by Gasteiger charge is -2.24. The molecular weight excluding hydrogens is 430 g/mol. The molecule has 0 radical (unpaired) electrons. The third-order valence-electron chi connectivity index (χ3n) is 7.81. The summed E-state index contributed by atoms with van der Waals surface area (Å²) in [6.07, 6.45) is 2.14. The van der Waals surface area contributed by atoms with Crippen molar-refractivity contribution in [2.75, 3.05) is 0 Å². The topological polar surface area (TPSA) is 26.2 Å². The highest BCUT2D eigenvalue weighted by molar-refractivity contribution is 6.20. The highest BCUT2D eigenvalue weighted by Crippen LogP contribution is 2.52. The Hall–Kier alpha value is -4.37. The molecule has 0 N–H and O–H groups in total. The number of rotatable bonds is 0. The number of ether oxygens (including phenoxy) is 1. The maximum Gasteiger partial charge on any atom is 0.228 e. The molecule has 8 rings (SSSR count). The van der Waals surface area contributed by atoms with Gasteiger partial charge in [0.25, 0.3) is 0 Å². The zero-order chi connectivity index (χ0) is 23.4. The summed E-state index contributed by atoms with van der Waals surface area (Å²) in [6.45, 7) is 4.41. The van der Waals surface area contributed by atoms with Crippen molar-refractivity contribution >= 4 is 54.3 Å². The molecule has 0 amide bonds. The van der Waals surface area contributed by atoms with Gasteiger partial charge in [0, 0.05) is 27.8 Å². The van der Waals surface area contributed by atoms with Crippen molar-refractivity contribution in [3.05, 3.63) is 90.1 Å². The van der Waals surface area contributed by atoms with Crippen molar-refractivity contribution in [3.63, 3.8) is 0 Å². The summed E-state index contributed by atoms with van der Waals surface area (Å²) in [6, 6.07) is 25.7.